The van der Waals surface area contributed by atoms with E-state index in [2.05, 4.69) is 4.98 Å². The summed E-state index contributed by atoms with van der Waals surface area (Å²) in [5.74, 6) is 0.0657. The average Bonchev–Trinajstić information content (AvgIpc) is 3.30. The van der Waals surface area contributed by atoms with Gasteiger partial charge in [0, 0.05) is 22.5 Å². The number of rotatable bonds is 8. The topological polar surface area (TPSA) is 42.4 Å². The summed E-state index contributed by atoms with van der Waals surface area (Å²) in [6.07, 6.45) is 0.680. The van der Waals surface area contributed by atoms with E-state index >= 15 is 0 Å². The van der Waals surface area contributed by atoms with Gasteiger partial charge in [-0.2, -0.15) is 0 Å². The molecule has 0 saturated heterocycles. The van der Waals surface area contributed by atoms with Crippen LogP contribution in [0.25, 0.3) is 11.3 Å². The van der Waals surface area contributed by atoms with Gasteiger partial charge < -0.3 is 4.74 Å². The second-order valence-electron chi connectivity index (χ2n) is 7.05. The van der Waals surface area contributed by atoms with E-state index in [1.165, 1.54) is 23.5 Å². The maximum atomic E-state index is 13.3. The highest BCUT2D eigenvalue weighted by Gasteiger charge is 2.20. The number of anilines is 1. The monoisotopic (exact) mass is 466 g/mol. The zero-order valence-corrected chi connectivity index (χ0v) is 18.7. The Labute approximate surface area is 194 Å². The maximum Gasteiger partial charge on any atom is 0.266 e. The highest BCUT2D eigenvalue weighted by Crippen LogP contribution is 2.28. The van der Waals surface area contributed by atoms with Crippen LogP contribution >= 0.6 is 22.9 Å². The molecular formula is C25H20ClFN2O2S. The molecule has 1 heterocycles. The number of carbonyl (C=O) groups is 1. The van der Waals surface area contributed by atoms with E-state index in [0.29, 0.717) is 34.6 Å². The van der Waals surface area contributed by atoms with Gasteiger partial charge in [0.2, 0.25) is 0 Å². The number of hydrogen-bond acceptors (Lipinski definition) is 4. The standard InChI is InChI=1S/C25H20ClFN2O2S/c26-20-8-12-22(13-9-20)31-16-24(30)29(15-14-18-4-2-1-3-5-18)25-28-23(17-32-25)19-6-10-21(27)11-7-19/h1-13,17H,14-16H2. The quantitative estimate of drug-likeness (QED) is 0.308. The van der Waals surface area contributed by atoms with Gasteiger partial charge in [0.15, 0.2) is 11.7 Å². The van der Waals surface area contributed by atoms with Crippen molar-refractivity contribution in [2.45, 2.75) is 6.42 Å². The Kier molecular flexibility index (Phi) is 7.14. The van der Waals surface area contributed by atoms with Crippen LogP contribution in [-0.4, -0.2) is 24.0 Å². The van der Waals surface area contributed by atoms with Crippen LogP contribution in [0.1, 0.15) is 5.56 Å². The van der Waals surface area contributed by atoms with Gasteiger partial charge in [-0.15, -0.1) is 11.3 Å². The van der Waals surface area contributed by atoms with Crippen LogP contribution in [0.3, 0.4) is 0 Å². The number of nitrogens with zero attached hydrogens (tertiary/aromatic N) is 2. The van der Waals surface area contributed by atoms with Crippen molar-refractivity contribution in [2.75, 3.05) is 18.1 Å². The molecule has 3 aromatic carbocycles. The Morgan fingerprint density at radius 2 is 1.72 bits per heavy atom. The van der Waals surface area contributed by atoms with Gasteiger partial charge in [-0.25, -0.2) is 9.37 Å². The first kappa shape index (κ1) is 22.0. The zero-order chi connectivity index (χ0) is 22.3. The summed E-state index contributed by atoms with van der Waals surface area (Å²) < 4.78 is 18.9. The Hall–Kier alpha value is -3.22. The first-order valence-corrected chi connectivity index (χ1v) is 11.3. The third-order valence-electron chi connectivity index (χ3n) is 4.81. The van der Waals surface area contributed by atoms with Crippen LogP contribution in [0, 0.1) is 5.82 Å². The minimum atomic E-state index is -0.303. The summed E-state index contributed by atoms with van der Waals surface area (Å²) in [4.78, 5) is 19.4. The predicted octanol–water partition coefficient (Wildman–Crippen LogP) is 6.26. The van der Waals surface area contributed by atoms with Gasteiger partial charge >= 0.3 is 0 Å². The third-order valence-corrected chi connectivity index (χ3v) is 5.92. The van der Waals surface area contributed by atoms with Crippen molar-refractivity contribution in [3.63, 3.8) is 0 Å². The molecule has 0 spiro atoms. The molecule has 0 aliphatic carbocycles. The number of aromatic nitrogens is 1. The lowest BCUT2D eigenvalue weighted by Gasteiger charge is -2.20. The van der Waals surface area contributed by atoms with Crippen molar-refractivity contribution in [3.8, 4) is 17.0 Å². The van der Waals surface area contributed by atoms with Crippen molar-refractivity contribution in [1.82, 2.24) is 4.98 Å². The van der Waals surface area contributed by atoms with Crippen LogP contribution in [-0.2, 0) is 11.2 Å². The number of halogens is 2. The highest BCUT2D eigenvalue weighted by atomic mass is 35.5. The summed E-state index contributed by atoms with van der Waals surface area (Å²) in [6, 6.07) is 23.0. The minimum absolute atomic E-state index is 0.123. The summed E-state index contributed by atoms with van der Waals surface area (Å²) in [6.45, 7) is 0.338. The van der Waals surface area contributed by atoms with Gasteiger partial charge in [0.1, 0.15) is 11.6 Å². The van der Waals surface area contributed by atoms with Crippen LogP contribution in [0.2, 0.25) is 5.02 Å². The highest BCUT2D eigenvalue weighted by molar-refractivity contribution is 7.14. The number of amides is 1. The number of carbonyl (C=O) groups excluding carboxylic acids is 1. The maximum absolute atomic E-state index is 13.3. The second kappa shape index (κ2) is 10.4. The Morgan fingerprint density at radius 1 is 1.00 bits per heavy atom. The molecule has 7 heteroatoms. The van der Waals surface area contributed by atoms with E-state index in [4.69, 9.17) is 16.3 Å². The van der Waals surface area contributed by atoms with Gasteiger partial charge in [-0.1, -0.05) is 41.9 Å². The predicted molar refractivity (Wildman–Crippen MR) is 127 cm³/mol. The number of hydrogen-bond donors (Lipinski definition) is 0. The van der Waals surface area contributed by atoms with E-state index in [0.717, 1.165) is 11.1 Å². The lowest BCUT2D eigenvalue weighted by Crippen LogP contribution is -2.36. The molecule has 4 rings (SSSR count). The number of benzene rings is 3. The first-order chi connectivity index (χ1) is 15.6. The third kappa shape index (κ3) is 5.72. The number of ether oxygens (including phenoxy) is 1. The summed E-state index contributed by atoms with van der Waals surface area (Å²) >= 11 is 7.28. The molecule has 0 aliphatic rings. The zero-order valence-electron chi connectivity index (χ0n) is 17.1. The normalized spacial score (nSPS) is 10.7. The first-order valence-electron chi connectivity index (χ1n) is 10.0. The minimum Gasteiger partial charge on any atom is -0.484 e. The molecule has 162 valence electrons. The van der Waals surface area contributed by atoms with Gasteiger partial charge in [0.25, 0.3) is 5.91 Å². The Morgan fingerprint density at radius 3 is 2.44 bits per heavy atom. The molecule has 0 N–H and O–H groups in total. The molecule has 0 aliphatic heterocycles. The van der Waals surface area contributed by atoms with Crippen LogP contribution in [0.5, 0.6) is 5.75 Å². The van der Waals surface area contributed by atoms with Crippen molar-refractivity contribution in [3.05, 3.63) is 101 Å². The average molecular weight is 467 g/mol. The lowest BCUT2D eigenvalue weighted by molar-refractivity contribution is -0.120. The lowest BCUT2D eigenvalue weighted by atomic mass is 10.1. The van der Waals surface area contributed by atoms with E-state index in [1.54, 1.807) is 41.3 Å². The van der Waals surface area contributed by atoms with Gasteiger partial charge in [-0.05, 0) is 60.5 Å². The molecule has 1 aromatic heterocycles. The molecule has 4 aromatic rings. The second-order valence-corrected chi connectivity index (χ2v) is 8.32. The van der Waals surface area contributed by atoms with Crippen molar-refractivity contribution >= 4 is 34.0 Å². The van der Waals surface area contributed by atoms with Gasteiger partial charge in [-0.3, -0.25) is 9.69 Å². The summed E-state index contributed by atoms with van der Waals surface area (Å²) in [5.41, 5.74) is 2.61. The van der Waals surface area contributed by atoms with E-state index < -0.39 is 0 Å². The molecule has 32 heavy (non-hydrogen) atoms. The Balaban J connectivity index is 1.52. The van der Waals surface area contributed by atoms with E-state index in [-0.39, 0.29) is 18.3 Å². The molecule has 0 saturated carbocycles. The van der Waals surface area contributed by atoms with Crippen LogP contribution in [0.4, 0.5) is 9.52 Å². The van der Waals surface area contributed by atoms with Crippen LogP contribution < -0.4 is 9.64 Å². The molecule has 0 fully saturated rings. The SMILES string of the molecule is O=C(COc1ccc(Cl)cc1)N(CCc1ccccc1)c1nc(-c2ccc(F)cc2)cs1. The smallest absolute Gasteiger partial charge is 0.266 e. The fraction of sp³-hybridized carbons (Fsp3) is 0.120. The van der Waals surface area contributed by atoms with Gasteiger partial charge in [0.05, 0.1) is 5.69 Å². The molecule has 0 atom stereocenters. The molecule has 0 radical (unpaired) electrons. The molecular weight excluding hydrogens is 447 g/mol. The van der Waals surface area contributed by atoms with E-state index in [1.807, 2.05) is 35.7 Å². The van der Waals surface area contributed by atoms with Crippen molar-refractivity contribution in [1.29, 1.82) is 0 Å². The summed E-state index contributed by atoms with van der Waals surface area (Å²) in [7, 11) is 0. The van der Waals surface area contributed by atoms with E-state index in [9.17, 15) is 9.18 Å². The Bertz CT molecular complexity index is 1160. The van der Waals surface area contributed by atoms with Crippen molar-refractivity contribution in [2.24, 2.45) is 0 Å². The fourth-order valence-corrected chi connectivity index (χ4v) is 4.11. The molecule has 4 nitrogen and oxygen atoms in total. The van der Waals surface area contributed by atoms with Crippen molar-refractivity contribution < 1.29 is 13.9 Å². The largest absolute Gasteiger partial charge is 0.484 e. The summed E-state index contributed by atoms with van der Waals surface area (Å²) in [5, 5.41) is 3.04. The number of thiazole rings is 1. The van der Waals surface area contributed by atoms with Crippen LogP contribution in [0.15, 0.2) is 84.2 Å². The molecule has 0 bridgehead atoms. The fourth-order valence-electron chi connectivity index (χ4n) is 3.11. The molecule has 1 amide bonds. The molecule has 0 unspecified atom stereocenters.